The van der Waals surface area contributed by atoms with Crippen molar-refractivity contribution < 1.29 is 13.9 Å². The van der Waals surface area contributed by atoms with E-state index < -0.39 is 0 Å². The van der Waals surface area contributed by atoms with Crippen LogP contribution < -0.4 is 15.4 Å². The summed E-state index contributed by atoms with van der Waals surface area (Å²) in [5.74, 6) is 2.20. The smallest absolute Gasteiger partial charge is 0.258 e. The third-order valence-corrected chi connectivity index (χ3v) is 2.93. The highest BCUT2D eigenvalue weighted by Crippen LogP contribution is 2.23. The van der Waals surface area contributed by atoms with Crippen LogP contribution in [-0.2, 0) is 11.3 Å². The SMILES string of the molecule is C#CCNC(=O)COc1ccc(F)cc1CNC1CC1. The first-order chi connectivity index (χ1) is 9.69. The van der Waals surface area contributed by atoms with Gasteiger partial charge >= 0.3 is 0 Å². The zero-order valence-electron chi connectivity index (χ0n) is 11.1. The average Bonchev–Trinajstić information content (AvgIpc) is 3.26. The minimum absolute atomic E-state index is 0.135. The molecular weight excluding hydrogens is 259 g/mol. The zero-order valence-corrected chi connectivity index (χ0v) is 11.1. The molecule has 2 N–H and O–H groups in total. The first kappa shape index (κ1) is 14.4. The molecule has 0 bridgehead atoms. The van der Waals surface area contributed by atoms with Crippen LogP contribution in [0, 0.1) is 18.2 Å². The molecule has 20 heavy (non-hydrogen) atoms. The van der Waals surface area contributed by atoms with Crippen molar-refractivity contribution in [2.75, 3.05) is 13.2 Å². The number of carbonyl (C=O) groups excluding carboxylic acids is 1. The third-order valence-electron chi connectivity index (χ3n) is 2.93. The number of ether oxygens (including phenoxy) is 1. The Morgan fingerprint density at radius 2 is 2.30 bits per heavy atom. The van der Waals surface area contributed by atoms with Crippen LogP contribution >= 0.6 is 0 Å². The summed E-state index contributed by atoms with van der Waals surface area (Å²) in [6, 6.07) is 4.79. The molecule has 0 saturated heterocycles. The summed E-state index contributed by atoms with van der Waals surface area (Å²) < 4.78 is 18.7. The third kappa shape index (κ3) is 4.56. The van der Waals surface area contributed by atoms with Crippen LogP contribution in [0.3, 0.4) is 0 Å². The number of amides is 1. The summed E-state index contributed by atoms with van der Waals surface area (Å²) >= 11 is 0. The second-order valence-corrected chi connectivity index (χ2v) is 4.68. The van der Waals surface area contributed by atoms with Crippen LogP contribution in [0.5, 0.6) is 5.75 Å². The minimum atomic E-state index is -0.318. The van der Waals surface area contributed by atoms with Gasteiger partial charge in [-0.3, -0.25) is 4.79 Å². The highest BCUT2D eigenvalue weighted by Gasteiger charge is 2.20. The molecule has 4 nitrogen and oxygen atoms in total. The molecule has 1 aliphatic rings. The minimum Gasteiger partial charge on any atom is -0.483 e. The standard InChI is InChI=1S/C15H17FN2O2/c1-2-7-17-15(19)10-20-14-6-3-12(16)8-11(14)9-18-13-4-5-13/h1,3,6,8,13,18H,4-5,7,9-10H2,(H,17,19). The van der Waals surface area contributed by atoms with Gasteiger partial charge in [-0.05, 0) is 31.0 Å². The van der Waals surface area contributed by atoms with Crippen LogP contribution in [0.1, 0.15) is 18.4 Å². The monoisotopic (exact) mass is 276 g/mol. The summed E-state index contributed by atoms with van der Waals surface area (Å²) in [4.78, 5) is 11.4. The van der Waals surface area contributed by atoms with Crippen molar-refractivity contribution in [1.29, 1.82) is 0 Å². The van der Waals surface area contributed by atoms with Gasteiger partial charge in [0.05, 0.1) is 6.54 Å². The fourth-order valence-corrected chi connectivity index (χ4v) is 1.71. The second-order valence-electron chi connectivity index (χ2n) is 4.68. The first-order valence-corrected chi connectivity index (χ1v) is 6.54. The van der Waals surface area contributed by atoms with Crippen LogP contribution in [0.2, 0.25) is 0 Å². The predicted molar refractivity (Wildman–Crippen MR) is 73.6 cm³/mol. The lowest BCUT2D eigenvalue weighted by atomic mass is 10.2. The van der Waals surface area contributed by atoms with Gasteiger partial charge in [0.1, 0.15) is 11.6 Å². The maximum atomic E-state index is 13.3. The van der Waals surface area contributed by atoms with Gasteiger partial charge < -0.3 is 15.4 Å². The Morgan fingerprint density at radius 1 is 1.50 bits per heavy atom. The molecule has 0 unspecified atom stereocenters. The molecule has 1 saturated carbocycles. The van der Waals surface area contributed by atoms with Gasteiger partial charge in [-0.15, -0.1) is 6.42 Å². The summed E-state index contributed by atoms with van der Waals surface area (Å²) in [6.45, 7) is 0.565. The summed E-state index contributed by atoms with van der Waals surface area (Å²) in [6.07, 6.45) is 7.35. The number of rotatable bonds is 7. The topological polar surface area (TPSA) is 50.4 Å². The van der Waals surface area contributed by atoms with E-state index in [4.69, 9.17) is 11.2 Å². The zero-order chi connectivity index (χ0) is 14.4. The quantitative estimate of drug-likeness (QED) is 0.736. The van der Waals surface area contributed by atoms with Crippen molar-refractivity contribution >= 4 is 5.91 Å². The van der Waals surface area contributed by atoms with E-state index >= 15 is 0 Å². The number of benzene rings is 1. The fourth-order valence-electron chi connectivity index (χ4n) is 1.71. The number of terminal acetylenes is 1. The molecule has 0 radical (unpaired) electrons. The van der Waals surface area contributed by atoms with Gasteiger partial charge in [0.25, 0.3) is 5.91 Å². The van der Waals surface area contributed by atoms with E-state index in [9.17, 15) is 9.18 Å². The molecule has 0 atom stereocenters. The Labute approximate surface area is 117 Å². The molecule has 106 valence electrons. The Morgan fingerprint density at radius 3 is 3.00 bits per heavy atom. The van der Waals surface area contributed by atoms with E-state index in [1.54, 1.807) is 0 Å². The second kappa shape index (κ2) is 6.92. The molecule has 1 aliphatic carbocycles. The molecule has 1 aromatic carbocycles. The van der Waals surface area contributed by atoms with Crippen LogP contribution in [0.15, 0.2) is 18.2 Å². The van der Waals surface area contributed by atoms with Crippen LogP contribution in [0.25, 0.3) is 0 Å². The molecule has 1 fully saturated rings. The Balaban J connectivity index is 1.91. The van der Waals surface area contributed by atoms with Crippen molar-refractivity contribution in [3.05, 3.63) is 29.6 Å². The van der Waals surface area contributed by atoms with Gasteiger partial charge in [0.2, 0.25) is 0 Å². The normalized spacial score (nSPS) is 13.6. The summed E-state index contributed by atoms with van der Waals surface area (Å²) in [7, 11) is 0. The number of hydrogen-bond acceptors (Lipinski definition) is 3. The highest BCUT2D eigenvalue weighted by atomic mass is 19.1. The molecular formula is C15H17FN2O2. The van der Waals surface area contributed by atoms with Gasteiger partial charge in [-0.1, -0.05) is 5.92 Å². The van der Waals surface area contributed by atoms with Crippen molar-refractivity contribution in [3.8, 4) is 18.1 Å². The Kier molecular flexibility index (Phi) is 4.97. The average molecular weight is 276 g/mol. The van der Waals surface area contributed by atoms with Gasteiger partial charge in [0, 0.05) is 18.2 Å². The van der Waals surface area contributed by atoms with Crippen LogP contribution in [0.4, 0.5) is 4.39 Å². The maximum absolute atomic E-state index is 13.3. The van der Waals surface area contributed by atoms with Crippen molar-refractivity contribution in [2.24, 2.45) is 0 Å². The molecule has 0 aliphatic heterocycles. The van der Waals surface area contributed by atoms with Crippen molar-refractivity contribution in [1.82, 2.24) is 10.6 Å². The molecule has 2 rings (SSSR count). The van der Waals surface area contributed by atoms with Gasteiger partial charge in [0.15, 0.2) is 6.61 Å². The van der Waals surface area contributed by atoms with E-state index in [0.29, 0.717) is 23.9 Å². The van der Waals surface area contributed by atoms with E-state index in [1.807, 2.05) is 0 Å². The van der Waals surface area contributed by atoms with Crippen LogP contribution in [-0.4, -0.2) is 25.1 Å². The van der Waals surface area contributed by atoms with Gasteiger partial charge in [-0.2, -0.15) is 0 Å². The molecule has 0 heterocycles. The molecule has 0 aromatic heterocycles. The summed E-state index contributed by atoms with van der Waals surface area (Å²) in [5.41, 5.74) is 0.710. The lowest BCUT2D eigenvalue weighted by Crippen LogP contribution is -2.29. The maximum Gasteiger partial charge on any atom is 0.258 e. The highest BCUT2D eigenvalue weighted by molar-refractivity contribution is 5.77. The van der Waals surface area contributed by atoms with E-state index in [-0.39, 0.29) is 24.9 Å². The van der Waals surface area contributed by atoms with E-state index in [0.717, 1.165) is 12.8 Å². The Hall–Kier alpha value is -2.06. The number of halogens is 1. The fraction of sp³-hybridized carbons (Fsp3) is 0.400. The molecule has 1 aromatic rings. The lowest BCUT2D eigenvalue weighted by Gasteiger charge is -2.12. The largest absolute Gasteiger partial charge is 0.483 e. The predicted octanol–water partition coefficient (Wildman–Crippen LogP) is 1.21. The number of hydrogen-bond donors (Lipinski definition) is 2. The lowest BCUT2D eigenvalue weighted by molar-refractivity contribution is -0.122. The van der Waals surface area contributed by atoms with Crippen molar-refractivity contribution in [3.63, 3.8) is 0 Å². The molecule has 0 spiro atoms. The first-order valence-electron chi connectivity index (χ1n) is 6.54. The number of carbonyl (C=O) groups is 1. The summed E-state index contributed by atoms with van der Waals surface area (Å²) in [5, 5.41) is 5.79. The van der Waals surface area contributed by atoms with E-state index in [2.05, 4.69) is 16.6 Å². The van der Waals surface area contributed by atoms with E-state index in [1.165, 1.54) is 18.2 Å². The van der Waals surface area contributed by atoms with Gasteiger partial charge in [-0.25, -0.2) is 4.39 Å². The molecule has 5 heteroatoms. The molecule has 1 amide bonds. The Bertz CT molecular complexity index is 521. The van der Waals surface area contributed by atoms with Crippen molar-refractivity contribution in [2.45, 2.75) is 25.4 Å². The number of nitrogens with one attached hydrogen (secondary N) is 2.